The molecule has 0 unspecified atom stereocenters. The topological polar surface area (TPSA) is 63.2 Å². The predicted molar refractivity (Wildman–Crippen MR) is 81.0 cm³/mol. The predicted octanol–water partition coefficient (Wildman–Crippen LogP) is 2.52. The van der Waals surface area contributed by atoms with Gasteiger partial charge in [0.1, 0.15) is 0 Å². The Morgan fingerprint density at radius 2 is 1.85 bits per heavy atom. The molecule has 1 aromatic rings. The molecule has 0 saturated heterocycles. The lowest BCUT2D eigenvalue weighted by atomic mass is 10.0. The third-order valence-corrected chi connectivity index (χ3v) is 4.68. The average molecular weight is 312 g/mol. The average Bonchev–Trinajstić information content (AvgIpc) is 2.40. The van der Waals surface area contributed by atoms with Gasteiger partial charge in [-0.3, -0.25) is 0 Å². The molecule has 4 nitrogen and oxygen atoms in total. The lowest BCUT2D eigenvalue weighted by Crippen LogP contribution is -2.14. The van der Waals surface area contributed by atoms with Gasteiger partial charge in [0, 0.05) is 30.2 Å². The molecule has 0 aromatic heterocycles. The van der Waals surface area contributed by atoms with E-state index < -0.39 is 9.84 Å². The van der Waals surface area contributed by atoms with Crippen molar-refractivity contribution in [2.75, 3.05) is 6.26 Å². The van der Waals surface area contributed by atoms with Crippen LogP contribution in [0.3, 0.4) is 0 Å². The van der Waals surface area contributed by atoms with Crippen LogP contribution in [-0.4, -0.2) is 24.5 Å². The summed E-state index contributed by atoms with van der Waals surface area (Å²) in [7, 11) is -3.20. The number of nitrogens with two attached hydrogens (primary N) is 1. The van der Waals surface area contributed by atoms with Crippen molar-refractivity contribution in [3.05, 3.63) is 47.7 Å². The standard InChI is InChI=1S/C14H15ClN2O2S/c1-10-3-4-12(9-14(10)16)17(15)11-5-7-13(8-6-11)20(2,18)19/h3,5-9,16H,4H2,1-2H3/p+1. The van der Waals surface area contributed by atoms with Gasteiger partial charge in [-0.15, -0.1) is 0 Å². The molecule has 2 N–H and O–H groups in total. The smallest absolute Gasteiger partial charge is 0.268 e. The van der Waals surface area contributed by atoms with Gasteiger partial charge in [0.2, 0.25) is 11.4 Å². The molecule has 6 heteroatoms. The highest BCUT2D eigenvalue weighted by atomic mass is 35.5. The molecular weight excluding hydrogens is 296 g/mol. The van der Waals surface area contributed by atoms with Gasteiger partial charge in [-0.05, 0) is 24.6 Å². The number of nitrogens with zero attached hydrogens (tertiary/aromatic N) is 1. The van der Waals surface area contributed by atoms with E-state index in [1.807, 2.05) is 19.1 Å². The second kappa shape index (κ2) is 5.42. The fraction of sp³-hybridized carbons (Fsp3) is 0.214. The van der Waals surface area contributed by atoms with Gasteiger partial charge >= 0.3 is 0 Å². The summed E-state index contributed by atoms with van der Waals surface area (Å²) in [5.41, 5.74) is 9.14. The Hall–Kier alpha value is -1.59. The van der Waals surface area contributed by atoms with Gasteiger partial charge in [0.05, 0.1) is 11.3 Å². The Bertz CT molecular complexity index is 729. The van der Waals surface area contributed by atoms with E-state index in [0.29, 0.717) is 17.8 Å². The van der Waals surface area contributed by atoms with Gasteiger partial charge < -0.3 is 5.73 Å². The maximum atomic E-state index is 11.4. The number of allylic oxidation sites excluding steroid dienone is 3. The van der Waals surface area contributed by atoms with Crippen LogP contribution in [0, 0.1) is 0 Å². The first-order valence-corrected chi connectivity index (χ1v) is 8.28. The molecule has 0 fully saturated rings. The molecule has 1 aliphatic carbocycles. The van der Waals surface area contributed by atoms with Crippen molar-refractivity contribution in [1.82, 2.24) is 0 Å². The summed E-state index contributed by atoms with van der Waals surface area (Å²) >= 11 is 6.28. The summed E-state index contributed by atoms with van der Waals surface area (Å²) in [6, 6.07) is 6.42. The van der Waals surface area contributed by atoms with Crippen molar-refractivity contribution < 1.29 is 12.5 Å². The van der Waals surface area contributed by atoms with Crippen LogP contribution in [-0.2, 0) is 9.84 Å². The van der Waals surface area contributed by atoms with Crippen LogP contribution >= 0.6 is 11.8 Å². The minimum Gasteiger partial charge on any atom is -0.398 e. The van der Waals surface area contributed by atoms with Crippen LogP contribution in [0.2, 0.25) is 0 Å². The lowest BCUT2D eigenvalue weighted by molar-refractivity contribution is -0.265. The van der Waals surface area contributed by atoms with Crippen molar-refractivity contribution in [1.29, 1.82) is 0 Å². The van der Waals surface area contributed by atoms with Gasteiger partial charge in [-0.1, -0.05) is 10.2 Å². The fourth-order valence-corrected chi connectivity index (χ4v) is 2.72. The van der Waals surface area contributed by atoms with E-state index in [0.717, 1.165) is 11.3 Å². The minimum atomic E-state index is -3.20. The van der Waals surface area contributed by atoms with Crippen molar-refractivity contribution in [3.63, 3.8) is 0 Å². The highest BCUT2D eigenvalue weighted by Crippen LogP contribution is 2.21. The second-order valence-corrected chi connectivity index (χ2v) is 7.08. The van der Waals surface area contributed by atoms with Crippen molar-refractivity contribution in [2.45, 2.75) is 18.2 Å². The van der Waals surface area contributed by atoms with E-state index in [1.165, 1.54) is 22.5 Å². The van der Waals surface area contributed by atoms with Crippen LogP contribution in [0.25, 0.3) is 0 Å². The zero-order valence-electron chi connectivity index (χ0n) is 11.3. The summed E-state index contributed by atoms with van der Waals surface area (Å²) in [5.74, 6) is 0. The monoisotopic (exact) mass is 311 g/mol. The maximum Gasteiger partial charge on any atom is 0.268 e. The van der Waals surface area contributed by atoms with Gasteiger partial charge in [-0.25, -0.2) is 8.42 Å². The Morgan fingerprint density at radius 3 is 2.35 bits per heavy atom. The van der Waals surface area contributed by atoms with Gasteiger partial charge in [0.15, 0.2) is 9.84 Å². The molecule has 2 rings (SSSR count). The molecule has 0 radical (unpaired) electrons. The Balaban J connectivity index is 2.38. The zero-order chi connectivity index (χ0) is 14.9. The molecule has 106 valence electrons. The molecule has 0 heterocycles. The summed E-state index contributed by atoms with van der Waals surface area (Å²) in [6.45, 7) is 1.95. The molecule has 1 aliphatic rings. The van der Waals surface area contributed by atoms with Crippen molar-refractivity contribution >= 4 is 33.0 Å². The third kappa shape index (κ3) is 3.11. The largest absolute Gasteiger partial charge is 0.398 e. The maximum absolute atomic E-state index is 11.4. The van der Waals surface area contributed by atoms with E-state index in [1.54, 1.807) is 12.1 Å². The van der Waals surface area contributed by atoms with Crippen LogP contribution < -0.4 is 5.73 Å². The lowest BCUT2D eigenvalue weighted by Gasteiger charge is -2.07. The fourth-order valence-electron chi connectivity index (χ4n) is 1.85. The number of rotatable bonds is 2. The Labute approximate surface area is 123 Å². The summed E-state index contributed by atoms with van der Waals surface area (Å²) in [5, 5.41) is 0. The van der Waals surface area contributed by atoms with Crippen LogP contribution in [0.15, 0.2) is 52.6 Å². The third-order valence-electron chi connectivity index (χ3n) is 3.14. The van der Waals surface area contributed by atoms with Gasteiger partial charge in [0.25, 0.3) is 11.8 Å². The van der Waals surface area contributed by atoms with Crippen LogP contribution in [0.4, 0.5) is 5.69 Å². The Kier molecular flexibility index (Phi) is 4.01. The van der Waals surface area contributed by atoms with Gasteiger partial charge in [-0.2, -0.15) is 0 Å². The quantitative estimate of drug-likeness (QED) is 0.854. The minimum absolute atomic E-state index is 0.269. The number of hydrogen-bond donors (Lipinski definition) is 1. The SMILES string of the molecule is CC1=CCC(=[N+](Cl)c2ccc(S(C)(=O)=O)cc2)C=C1N. The Morgan fingerprint density at radius 1 is 1.25 bits per heavy atom. The highest BCUT2D eigenvalue weighted by Gasteiger charge is 2.18. The number of sulfone groups is 1. The van der Waals surface area contributed by atoms with Crippen molar-refractivity contribution in [3.8, 4) is 0 Å². The molecule has 20 heavy (non-hydrogen) atoms. The van der Waals surface area contributed by atoms with Crippen LogP contribution in [0.5, 0.6) is 0 Å². The van der Waals surface area contributed by atoms with Crippen LogP contribution in [0.1, 0.15) is 13.3 Å². The highest BCUT2D eigenvalue weighted by molar-refractivity contribution is 7.90. The molecule has 0 atom stereocenters. The number of halogens is 1. The molecule has 1 aromatic carbocycles. The second-order valence-electron chi connectivity index (χ2n) is 4.73. The summed E-state index contributed by atoms with van der Waals surface area (Å²) < 4.78 is 24.3. The molecular formula is C14H16ClN2O2S+. The zero-order valence-corrected chi connectivity index (χ0v) is 12.9. The molecule has 0 aliphatic heterocycles. The van der Waals surface area contributed by atoms with E-state index in [4.69, 9.17) is 17.5 Å². The van der Waals surface area contributed by atoms with E-state index >= 15 is 0 Å². The van der Waals surface area contributed by atoms with E-state index in [2.05, 4.69) is 0 Å². The summed E-state index contributed by atoms with van der Waals surface area (Å²) in [4.78, 5) is 0.269. The molecule has 0 bridgehead atoms. The first kappa shape index (κ1) is 14.8. The molecule has 0 amide bonds. The van der Waals surface area contributed by atoms with Crippen molar-refractivity contribution in [2.24, 2.45) is 5.73 Å². The normalized spacial score (nSPS) is 18.4. The molecule has 0 saturated carbocycles. The summed E-state index contributed by atoms with van der Waals surface area (Å²) in [6.07, 6.45) is 5.69. The molecule has 0 spiro atoms. The number of hydrogen-bond acceptors (Lipinski definition) is 3. The first-order valence-electron chi connectivity index (χ1n) is 6.05. The van der Waals surface area contributed by atoms with E-state index in [-0.39, 0.29) is 4.90 Å². The number of benzene rings is 1. The first-order chi connectivity index (χ1) is 9.29. The van der Waals surface area contributed by atoms with E-state index in [9.17, 15) is 8.42 Å².